The van der Waals surface area contributed by atoms with Crippen molar-refractivity contribution in [2.24, 2.45) is 0 Å². The molecule has 71 heavy (non-hydrogen) atoms. The van der Waals surface area contributed by atoms with E-state index in [1.165, 1.54) is 180 Å². The van der Waals surface area contributed by atoms with Crippen molar-refractivity contribution in [2.45, 2.75) is 309 Å². The first-order valence-electron chi connectivity index (χ1n) is 30.4. The Morgan fingerprint density at radius 3 is 0.859 bits per heavy atom. The molecule has 0 saturated carbocycles. The SMILES string of the molecule is CCCCC/C=C\C/C=C\C/C=C\C/C=C\CCCC(=O)O[C@H](COC(=O)CCCCCCCCC/C=C\C/C=C\CCCCC)COC(=O)CCCCCCCCCCCCCCCCCCCCC. The van der Waals surface area contributed by atoms with Crippen molar-refractivity contribution < 1.29 is 28.6 Å². The lowest BCUT2D eigenvalue weighted by Crippen LogP contribution is -2.30. The third-order valence-electron chi connectivity index (χ3n) is 13.2. The lowest BCUT2D eigenvalue weighted by atomic mass is 10.0. The molecule has 6 heteroatoms. The summed E-state index contributed by atoms with van der Waals surface area (Å²) < 4.78 is 16.9. The monoisotopic (exact) mass is 991 g/mol. The molecule has 1 atom stereocenters. The Balaban J connectivity index is 4.44. The van der Waals surface area contributed by atoms with Crippen LogP contribution in [-0.4, -0.2) is 37.2 Å². The Hall–Kier alpha value is -3.15. The van der Waals surface area contributed by atoms with Gasteiger partial charge < -0.3 is 14.2 Å². The zero-order valence-electron chi connectivity index (χ0n) is 47.0. The smallest absolute Gasteiger partial charge is 0.306 e. The fraction of sp³-hybridized carbons (Fsp3) is 0.769. The zero-order chi connectivity index (χ0) is 51.4. The minimum Gasteiger partial charge on any atom is -0.462 e. The molecule has 0 aliphatic rings. The summed E-state index contributed by atoms with van der Waals surface area (Å²) in [5.74, 6) is -0.949. The Morgan fingerprint density at radius 2 is 0.521 bits per heavy atom. The summed E-state index contributed by atoms with van der Waals surface area (Å²) in [4.78, 5) is 38.2. The van der Waals surface area contributed by atoms with Crippen molar-refractivity contribution in [3.8, 4) is 0 Å². The molecule has 0 saturated heterocycles. The van der Waals surface area contributed by atoms with Crippen LogP contribution in [0.2, 0.25) is 0 Å². The maximum atomic E-state index is 12.9. The summed E-state index contributed by atoms with van der Waals surface area (Å²) in [5, 5.41) is 0. The summed E-state index contributed by atoms with van der Waals surface area (Å²) in [6, 6.07) is 0. The van der Waals surface area contributed by atoms with Crippen molar-refractivity contribution in [2.75, 3.05) is 13.2 Å². The number of unbranched alkanes of at least 4 members (excludes halogenated alkanes) is 32. The van der Waals surface area contributed by atoms with E-state index < -0.39 is 6.10 Å². The first-order valence-corrected chi connectivity index (χ1v) is 30.4. The van der Waals surface area contributed by atoms with Crippen LogP contribution in [0.25, 0.3) is 0 Å². The van der Waals surface area contributed by atoms with E-state index in [4.69, 9.17) is 14.2 Å². The molecule has 0 amide bonds. The number of carbonyl (C=O) groups excluding carboxylic acids is 3. The average molecular weight is 992 g/mol. The van der Waals surface area contributed by atoms with Crippen LogP contribution < -0.4 is 0 Å². The highest BCUT2D eigenvalue weighted by molar-refractivity contribution is 5.71. The number of esters is 3. The Labute approximate surface area is 440 Å². The second-order valence-corrected chi connectivity index (χ2v) is 20.3. The molecule has 0 N–H and O–H groups in total. The van der Waals surface area contributed by atoms with Crippen molar-refractivity contribution >= 4 is 17.9 Å². The van der Waals surface area contributed by atoms with Crippen LogP contribution in [-0.2, 0) is 28.6 Å². The molecule has 0 fully saturated rings. The molecule has 0 heterocycles. The van der Waals surface area contributed by atoms with Gasteiger partial charge in [-0.2, -0.15) is 0 Å². The van der Waals surface area contributed by atoms with Crippen molar-refractivity contribution in [3.63, 3.8) is 0 Å². The van der Waals surface area contributed by atoms with Gasteiger partial charge in [-0.15, -0.1) is 0 Å². The highest BCUT2D eigenvalue weighted by Gasteiger charge is 2.19. The van der Waals surface area contributed by atoms with Gasteiger partial charge in [0, 0.05) is 19.3 Å². The Kier molecular flexibility index (Phi) is 56.8. The van der Waals surface area contributed by atoms with E-state index in [2.05, 4.69) is 93.7 Å². The fourth-order valence-electron chi connectivity index (χ4n) is 8.58. The molecule has 0 aromatic rings. The van der Waals surface area contributed by atoms with Crippen LogP contribution in [0.4, 0.5) is 0 Å². The van der Waals surface area contributed by atoms with Crippen LogP contribution >= 0.6 is 0 Å². The van der Waals surface area contributed by atoms with Crippen LogP contribution in [0.5, 0.6) is 0 Å². The largest absolute Gasteiger partial charge is 0.462 e. The first kappa shape index (κ1) is 67.8. The maximum absolute atomic E-state index is 12.9. The predicted molar refractivity (Wildman–Crippen MR) is 307 cm³/mol. The van der Waals surface area contributed by atoms with Gasteiger partial charge in [0.1, 0.15) is 13.2 Å². The maximum Gasteiger partial charge on any atom is 0.306 e. The highest BCUT2D eigenvalue weighted by Crippen LogP contribution is 2.16. The standard InChI is InChI=1S/C65H114O6/c1-4-7-10-13-16-19-22-25-28-31-32-35-37-40-43-46-49-52-55-58-64(67)70-61-62(71-65(68)59-56-53-50-47-44-41-38-34-30-27-24-21-18-15-12-9-6-3)60-69-63(66)57-54-51-48-45-42-39-36-33-29-26-23-20-17-14-11-8-5-2/h17-18,20-21,26-27,29-30,38,41,47,50,62H,4-16,19,22-25,28,31-37,39-40,42-46,48-49,51-61H2,1-3H3/b20-17-,21-18-,29-26-,30-27-,41-38-,50-47-/t62-/m1/s1. The molecule has 0 bridgehead atoms. The number of carbonyl (C=O) groups is 3. The van der Waals surface area contributed by atoms with Gasteiger partial charge in [-0.3, -0.25) is 14.4 Å². The summed E-state index contributed by atoms with van der Waals surface area (Å²) >= 11 is 0. The lowest BCUT2D eigenvalue weighted by Gasteiger charge is -2.18. The van der Waals surface area contributed by atoms with Gasteiger partial charge in [-0.05, 0) is 89.9 Å². The van der Waals surface area contributed by atoms with Crippen LogP contribution in [0.1, 0.15) is 303 Å². The zero-order valence-corrected chi connectivity index (χ0v) is 47.0. The predicted octanol–water partition coefficient (Wildman–Crippen LogP) is 20.5. The van der Waals surface area contributed by atoms with Crippen molar-refractivity contribution in [1.82, 2.24) is 0 Å². The van der Waals surface area contributed by atoms with Crippen LogP contribution in [0.3, 0.4) is 0 Å². The van der Waals surface area contributed by atoms with Gasteiger partial charge >= 0.3 is 17.9 Å². The van der Waals surface area contributed by atoms with E-state index in [-0.39, 0.29) is 37.5 Å². The molecule has 0 rings (SSSR count). The second kappa shape index (κ2) is 59.4. The summed E-state index contributed by atoms with van der Waals surface area (Å²) in [6.07, 6.45) is 76.1. The molecule has 0 aliphatic heterocycles. The minimum absolute atomic E-state index is 0.0971. The first-order chi connectivity index (χ1) is 35.0. The van der Waals surface area contributed by atoms with Gasteiger partial charge in [0.15, 0.2) is 6.10 Å². The molecule has 0 aromatic carbocycles. The van der Waals surface area contributed by atoms with Crippen LogP contribution in [0.15, 0.2) is 72.9 Å². The van der Waals surface area contributed by atoms with Gasteiger partial charge in [-0.25, -0.2) is 0 Å². The second-order valence-electron chi connectivity index (χ2n) is 20.3. The minimum atomic E-state index is -0.807. The average Bonchev–Trinajstić information content (AvgIpc) is 3.37. The van der Waals surface area contributed by atoms with E-state index in [0.717, 1.165) is 77.0 Å². The lowest BCUT2D eigenvalue weighted by molar-refractivity contribution is -0.167. The Bertz CT molecular complexity index is 1320. The van der Waals surface area contributed by atoms with Gasteiger partial charge in [0.05, 0.1) is 0 Å². The number of hydrogen-bond acceptors (Lipinski definition) is 6. The molecule has 0 radical (unpaired) electrons. The third kappa shape index (κ3) is 57.6. The normalized spacial score (nSPS) is 12.5. The van der Waals surface area contributed by atoms with E-state index >= 15 is 0 Å². The number of hydrogen-bond donors (Lipinski definition) is 0. The molecular weight excluding hydrogens is 877 g/mol. The van der Waals surface area contributed by atoms with Gasteiger partial charge in [0.25, 0.3) is 0 Å². The topological polar surface area (TPSA) is 78.9 Å². The quantitative estimate of drug-likeness (QED) is 0.0261. The summed E-state index contributed by atoms with van der Waals surface area (Å²) in [6.45, 7) is 6.57. The third-order valence-corrected chi connectivity index (χ3v) is 13.2. The van der Waals surface area contributed by atoms with E-state index in [0.29, 0.717) is 19.3 Å². The van der Waals surface area contributed by atoms with E-state index in [1.807, 2.05) is 0 Å². The van der Waals surface area contributed by atoms with E-state index in [9.17, 15) is 14.4 Å². The summed E-state index contributed by atoms with van der Waals surface area (Å²) in [5.41, 5.74) is 0. The van der Waals surface area contributed by atoms with E-state index in [1.54, 1.807) is 0 Å². The molecule has 0 aliphatic carbocycles. The fourth-order valence-corrected chi connectivity index (χ4v) is 8.58. The summed E-state index contributed by atoms with van der Waals surface area (Å²) in [7, 11) is 0. The molecule has 6 nitrogen and oxygen atoms in total. The van der Waals surface area contributed by atoms with Gasteiger partial charge in [-0.1, -0.05) is 267 Å². The molecule has 410 valence electrons. The number of allylic oxidation sites excluding steroid dienone is 12. The molecule has 0 aromatic heterocycles. The molecular formula is C65H114O6. The van der Waals surface area contributed by atoms with Crippen molar-refractivity contribution in [3.05, 3.63) is 72.9 Å². The molecule has 0 spiro atoms. The molecule has 0 unspecified atom stereocenters. The van der Waals surface area contributed by atoms with Crippen molar-refractivity contribution in [1.29, 1.82) is 0 Å². The Morgan fingerprint density at radius 1 is 0.282 bits per heavy atom. The number of ether oxygens (including phenoxy) is 3. The van der Waals surface area contributed by atoms with Gasteiger partial charge in [0.2, 0.25) is 0 Å². The highest BCUT2D eigenvalue weighted by atomic mass is 16.6. The number of rotatable bonds is 55. The van der Waals surface area contributed by atoms with Crippen LogP contribution in [0, 0.1) is 0 Å².